The first kappa shape index (κ1) is 24.3. The maximum absolute atomic E-state index is 2.33. The molecule has 0 heterocycles. The molecule has 0 atom stereocenters. The minimum absolute atomic E-state index is 1.22. The Kier molecular flexibility index (Phi) is 5.90. The summed E-state index contributed by atoms with van der Waals surface area (Å²) in [5.41, 5.74) is 9.98. The SMILES string of the molecule is c1ccc(-c2cccc(-c3ccc(-c4c5ccccc5c(-c5ccc6ccccc6c5)c5ccccc45)cc3)c2)cc1. The molecule has 0 radical (unpaired) electrons. The van der Waals surface area contributed by atoms with Crippen LogP contribution >= 0.6 is 0 Å². The molecule has 0 N–H and O–H groups in total. The van der Waals surface area contributed by atoms with Gasteiger partial charge in [0, 0.05) is 0 Å². The number of hydrogen-bond donors (Lipinski definition) is 0. The average Bonchev–Trinajstić information content (AvgIpc) is 3.07. The molecular formula is C42H28. The van der Waals surface area contributed by atoms with Crippen molar-refractivity contribution >= 4 is 32.3 Å². The number of fused-ring (bicyclic) bond motifs is 3. The Morgan fingerprint density at radius 1 is 0.214 bits per heavy atom. The summed E-state index contributed by atoms with van der Waals surface area (Å²) in [6.07, 6.45) is 0. The van der Waals surface area contributed by atoms with Crippen LogP contribution in [0.5, 0.6) is 0 Å². The van der Waals surface area contributed by atoms with Crippen molar-refractivity contribution in [2.75, 3.05) is 0 Å². The number of hydrogen-bond acceptors (Lipinski definition) is 0. The highest BCUT2D eigenvalue weighted by molar-refractivity contribution is 6.21. The molecule has 0 aliphatic carbocycles. The van der Waals surface area contributed by atoms with Gasteiger partial charge in [0.15, 0.2) is 0 Å². The Balaban J connectivity index is 1.29. The molecule has 8 rings (SSSR count). The van der Waals surface area contributed by atoms with Crippen molar-refractivity contribution in [3.8, 4) is 44.5 Å². The van der Waals surface area contributed by atoms with Crippen LogP contribution in [0.1, 0.15) is 0 Å². The lowest BCUT2D eigenvalue weighted by molar-refractivity contribution is 1.58. The summed E-state index contributed by atoms with van der Waals surface area (Å²) in [6.45, 7) is 0. The summed E-state index contributed by atoms with van der Waals surface area (Å²) < 4.78 is 0. The van der Waals surface area contributed by atoms with Gasteiger partial charge in [-0.15, -0.1) is 0 Å². The van der Waals surface area contributed by atoms with Crippen LogP contribution in [-0.2, 0) is 0 Å². The van der Waals surface area contributed by atoms with E-state index in [1.165, 1.54) is 76.8 Å². The average molecular weight is 533 g/mol. The highest BCUT2D eigenvalue weighted by Gasteiger charge is 2.16. The lowest BCUT2D eigenvalue weighted by Gasteiger charge is -2.18. The molecule has 0 aliphatic rings. The Bertz CT molecular complexity index is 2160. The Morgan fingerprint density at radius 2 is 0.643 bits per heavy atom. The Morgan fingerprint density at radius 3 is 1.26 bits per heavy atom. The molecule has 0 spiro atoms. The van der Waals surface area contributed by atoms with E-state index in [9.17, 15) is 0 Å². The van der Waals surface area contributed by atoms with Gasteiger partial charge in [0.05, 0.1) is 0 Å². The van der Waals surface area contributed by atoms with Crippen LogP contribution in [0.4, 0.5) is 0 Å². The lowest BCUT2D eigenvalue weighted by atomic mass is 9.85. The zero-order chi connectivity index (χ0) is 27.9. The molecule has 0 aliphatic heterocycles. The van der Waals surface area contributed by atoms with Crippen LogP contribution in [0.2, 0.25) is 0 Å². The predicted octanol–water partition coefficient (Wildman–Crippen LogP) is 11.8. The summed E-state index contributed by atoms with van der Waals surface area (Å²) in [4.78, 5) is 0. The quantitative estimate of drug-likeness (QED) is 0.198. The van der Waals surface area contributed by atoms with Gasteiger partial charge in [-0.25, -0.2) is 0 Å². The monoisotopic (exact) mass is 532 g/mol. The molecule has 0 fully saturated rings. The first-order valence-corrected chi connectivity index (χ1v) is 14.5. The third-order valence-electron chi connectivity index (χ3n) is 8.45. The Labute approximate surface area is 246 Å². The fourth-order valence-electron chi connectivity index (χ4n) is 6.43. The molecule has 0 saturated carbocycles. The topological polar surface area (TPSA) is 0 Å². The van der Waals surface area contributed by atoms with E-state index >= 15 is 0 Å². The summed E-state index contributed by atoms with van der Waals surface area (Å²) in [6, 6.07) is 61.7. The molecule has 42 heavy (non-hydrogen) atoms. The van der Waals surface area contributed by atoms with E-state index in [0.717, 1.165) is 0 Å². The maximum atomic E-state index is 2.33. The second-order valence-corrected chi connectivity index (χ2v) is 10.9. The number of benzene rings is 8. The second-order valence-electron chi connectivity index (χ2n) is 10.9. The molecule has 0 aromatic heterocycles. The van der Waals surface area contributed by atoms with Crippen LogP contribution in [0.3, 0.4) is 0 Å². The van der Waals surface area contributed by atoms with Crippen molar-refractivity contribution < 1.29 is 0 Å². The Hall–Kier alpha value is -5.46. The molecule has 196 valence electrons. The first-order valence-electron chi connectivity index (χ1n) is 14.5. The molecule has 0 nitrogen and oxygen atoms in total. The van der Waals surface area contributed by atoms with E-state index < -0.39 is 0 Å². The predicted molar refractivity (Wildman–Crippen MR) is 181 cm³/mol. The van der Waals surface area contributed by atoms with Crippen molar-refractivity contribution in [3.05, 3.63) is 170 Å². The minimum Gasteiger partial charge on any atom is -0.0622 e. The van der Waals surface area contributed by atoms with E-state index in [1.807, 2.05) is 0 Å². The van der Waals surface area contributed by atoms with Crippen molar-refractivity contribution in [1.82, 2.24) is 0 Å². The van der Waals surface area contributed by atoms with Crippen molar-refractivity contribution in [2.45, 2.75) is 0 Å². The van der Waals surface area contributed by atoms with E-state index in [4.69, 9.17) is 0 Å². The van der Waals surface area contributed by atoms with E-state index in [2.05, 4.69) is 170 Å². The van der Waals surface area contributed by atoms with Gasteiger partial charge in [-0.2, -0.15) is 0 Å². The highest BCUT2D eigenvalue weighted by atomic mass is 14.2. The van der Waals surface area contributed by atoms with Crippen molar-refractivity contribution in [1.29, 1.82) is 0 Å². The van der Waals surface area contributed by atoms with E-state index in [1.54, 1.807) is 0 Å². The summed E-state index contributed by atoms with van der Waals surface area (Å²) in [5, 5.41) is 7.64. The van der Waals surface area contributed by atoms with Gasteiger partial charge in [0.25, 0.3) is 0 Å². The van der Waals surface area contributed by atoms with Crippen molar-refractivity contribution in [2.24, 2.45) is 0 Å². The molecule has 8 aromatic carbocycles. The standard InChI is InChI=1S/C42H28/c1-2-11-29(12-3-1)34-15-10-16-35(27-34)31-21-24-32(25-22-31)41-37-17-6-8-19-39(37)42(40-20-9-7-18-38(40)41)36-26-23-30-13-4-5-14-33(30)28-36/h1-28H. The van der Waals surface area contributed by atoms with Crippen LogP contribution in [0.25, 0.3) is 76.8 Å². The molecule has 0 heteroatoms. The summed E-state index contributed by atoms with van der Waals surface area (Å²) in [5.74, 6) is 0. The van der Waals surface area contributed by atoms with Gasteiger partial charge in [0.1, 0.15) is 0 Å². The minimum atomic E-state index is 1.22. The van der Waals surface area contributed by atoms with Gasteiger partial charge in [0.2, 0.25) is 0 Å². The lowest BCUT2D eigenvalue weighted by Crippen LogP contribution is -1.91. The maximum Gasteiger partial charge on any atom is -0.00262 e. The fourth-order valence-corrected chi connectivity index (χ4v) is 6.43. The zero-order valence-electron chi connectivity index (χ0n) is 23.2. The van der Waals surface area contributed by atoms with Crippen LogP contribution in [0.15, 0.2) is 170 Å². The van der Waals surface area contributed by atoms with Gasteiger partial charge in [-0.05, 0) is 89.0 Å². The first-order chi connectivity index (χ1) is 20.8. The van der Waals surface area contributed by atoms with Crippen LogP contribution in [0, 0.1) is 0 Å². The zero-order valence-corrected chi connectivity index (χ0v) is 23.2. The summed E-state index contributed by atoms with van der Waals surface area (Å²) >= 11 is 0. The van der Waals surface area contributed by atoms with Crippen LogP contribution in [-0.4, -0.2) is 0 Å². The molecule has 0 amide bonds. The second kappa shape index (κ2) is 10.2. The number of rotatable bonds is 4. The molecular weight excluding hydrogens is 504 g/mol. The molecule has 0 bridgehead atoms. The smallest absolute Gasteiger partial charge is 0.00262 e. The summed E-state index contributed by atoms with van der Waals surface area (Å²) in [7, 11) is 0. The highest BCUT2D eigenvalue weighted by Crippen LogP contribution is 2.44. The van der Waals surface area contributed by atoms with Gasteiger partial charge >= 0.3 is 0 Å². The van der Waals surface area contributed by atoms with Crippen molar-refractivity contribution in [3.63, 3.8) is 0 Å². The molecule has 8 aromatic rings. The molecule has 0 unspecified atom stereocenters. The van der Waals surface area contributed by atoms with Gasteiger partial charge < -0.3 is 0 Å². The fraction of sp³-hybridized carbons (Fsp3) is 0. The third kappa shape index (κ3) is 4.17. The van der Waals surface area contributed by atoms with E-state index in [-0.39, 0.29) is 0 Å². The van der Waals surface area contributed by atoms with Gasteiger partial charge in [-0.3, -0.25) is 0 Å². The van der Waals surface area contributed by atoms with Gasteiger partial charge in [-0.1, -0.05) is 158 Å². The van der Waals surface area contributed by atoms with E-state index in [0.29, 0.717) is 0 Å². The normalized spacial score (nSPS) is 11.3. The largest absolute Gasteiger partial charge is 0.0622 e. The van der Waals surface area contributed by atoms with Crippen LogP contribution < -0.4 is 0 Å². The molecule has 0 saturated heterocycles. The third-order valence-corrected chi connectivity index (χ3v) is 8.45.